The first-order valence-electron chi connectivity index (χ1n) is 16.6. The SMILES string of the molecule is c1ccc(-c2c3cc(-c4ccc(N(c5ccccc5)c5ccccn5)cc4)ccc3c(-c3ccccc3)c3c2ccc2cccnc23)cc1. The lowest BCUT2D eigenvalue weighted by Crippen LogP contribution is -2.11. The van der Waals surface area contributed by atoms with Gasteiger partial charge in [-0.05, 0) is 98.1 Å². The molecular formula is C46H31N3. The molecule has 0 atom stereocenters. The van der Waals surface area contributed by atoms with Crippen LogP contribution in [0.25, 0.3) is 65.8 Å². The maximum atomic E-state index is 4.96. The Kier molecular flexibility index (Phi) is 7.14. The summed E-state index contributed by atoms with van der Waals surface area (Å²) in [6, 6.07) is 62.3. The van der Waals surface area contributed by atoms with E-state index in [0.717, 1.165) is 39.2 Å². The van der Waals surface area contributed by atoms with Crippen LogP contribution in [0.2, 0.25) is 0 Å². The Balaban J connectivity index is 1.28. The zero-order chi connectivity index (χ0) is 32.6. The first kappa shape index (κ1) is 28.6. The summed E-state index contributed by atoms with van der Waals surface area (Å²) in [5.74, 6) is 0.877. The van der Waals surface area contributed by atoms with Crippen LogP contribution in [0.5, 0.6) is 0 Å². The first-order chi connectivity index (χ1) is 24.3. The summed E-state index contributed by atoms with van der Waals surface area (Å²) in [5, 5.41) is 5.95. The van der Waals surface area contributed by atoms with Crippen LogP contribution in [0.1, 0.15) is 0 Å². The van der Waals surface area contributed by atoms with Crippen LogP contribution in [-0.2, 0) is 0 Å². The number of anilines is 3. The molecule has 0 bridgehead atoms. The van der Waals surface area contributed by atoms with E-state index in [1.54, 1.807) is 0 Å². The van der Waals surface area contributed by atoms with E-state index in [1.807, 2.05) is 42.7 Å². The molecule has 0 radical (unpaired) electrons. The van der Waals surface area contributed by atoms with Gasteiger partial charge in [0.1, 0.15) is 5.82 Å². The van der Waals surface area contributed by atoms with Gasteiger partial charge < -0.3 is 0 Å². The fourth-order valence-electron chi connectivity index (χ4n) is 7.14. The number of pyridine rings is 2. The van der Waals surface area contributed by atoms with Crippen molar-refractivity contribution in [1.82, 2.24) is 9.97 Å². The Hall–Kier alpha value is -6.58. The van der Waals surface area contributed by atoms with E-state index in [-0.39, 0.29) is 0 Å². The predicted octanol–water partition coefficient (Wildman–Crippen LogP) is 12.4. The minimum Gasteiger partial charge on any atom is -0.295 e. The Labute approximate surface area is 285 Å². The molecule has 0 aliphatic rings. The summed E-state index contributed by atoms with van der Waals surface area (Å²) in [6.45, 7) is 0. The van der Waals surface area contributed by atoms with Crippen molar-refractivity contribution in [3.05, 3.63) is 188 Å². The minimum atomic E-state index is 0.877. The second-order valence-electron chi connectivity index (χ2n) is 12.2. The third-order valence-corrected chi connectivity index (χ3v) is 9.33. The molecule has 0 saturated heterocycles. The van der Waals surface area contributed by atoms with Crippen molar-refractivity contribution in [3.63, 3.8) is 0 Å². The van der Waals surface area contributed by atoms with Gasteiger partial charge in [0.2, 0.25) is 0 Å². The molecule has 9 rings (SSSR count). The van der Waals surface area contributed by atoms with Crippen molar-refractivity contribution >= 4 is 49.6 Å². The quantitative estimate of drug-likeness (QED) is 0.136. The van der Waals surface area contributed by atoms with Crippen molar-refractivity contribution in [1.29, 1.82) is 0 Å². The fourth-order valence-corrected chi connectivity index (χ4v) is 7.14. The van der Waals surface area contributed by atoms with Crippen LogP contribution in [0.4, 0.5) is 17.2 Å². The number of hydrogen-bond donors (Lipinski definition) is 0. The number of para-hydroxylation sites is 1. The van der Waals surface area contributed by atoms with Crippen molar-refractivity contribution < 1.29 is 0 Å². The van der Waals surface area contributed by atoms with Gasteiger partial charge in [-0.3, -0.25) is 9.88 Å². The number of rotatable bonds is 6. The van der Waals surface area contributed by atoms with Gasteiger partial charge in [0.25, 0.3) is 0 Å². The summed E-state index contributed by atoms with van der Waals surface area (Å²) < 4.78 is 0. The molecule has 2 heterocycles. The number of hydrogen-bond acceptors (Lipinski definition) is 3. The van der Waals surface area contributed by atoms with E-state index in [9.17, 15) is 0 Å². The molecule has 3 nitrogen and oxygen atoms in total. The monoisotopic (exact) mass is 625 g/mol. The standard InChI is InChI=1S/C46H31N3/c1-4-13-33(14-5-1)43-40-28-23-35-17-12-30-48-46(35)45(40)44(34-15-6-2-7-16-34)39-27-24-36(31-41(39)43)32-21-25-38(26-22-32)49(37-18-8-3-9-19-37)42-20-10-11-29-47-42/h1-31H. The molecule has 0 aliphatic heterocycles. The van der Waals surface area contributed by atoms with Crippen LogP contribution in [-0.4, -0.2) is 9.97 Å². The van der Waals surface area contributed by atoms with Crippen molar-refractivity contribution in [2.24, 2.45) is 0 Å². The molecule has 7 aromatic carbocycles. The highest BCUT2D eigenvalue weighted by atomic mass is 15.2. The van der Waals surface area contributed by atoms with Crippen LogP contribution in [0, 0.1) is 0 Å². The maximum Gasteiger partial charge on any atom is 0.137 e. The van der Waals surface area contributed by atoms with Gasteiger partial charge in [-0.25, -0.2) is 4.98 Å². The molecule has 9 aromatic rings. The lowest BCUT2D eigenvalue weighted by Gasteiger charge is -2.24. The average molecular weight is 626 g/mol. The van der Waals surface area contributed by atoms with E-state index in [0.29, 0.717) is 0 Å². The van der Waals surface area contributed by atoms with Gasteiger partial charge in [0.15, 0.2) is 0 Å². The number of fused-ring (bicyclic) bond motifs is 4. The molecule has 0 fully saturated rings. The smallest absolute Gasteiger partial charge is 0.137 e. The number of benzene rings is 7. The fraction of sp³-hybridized carbons (Fsp3) is 0. The molecule has 0 unspecified atom stereocenters. The lowest BCUT2D eigenvalue weighted by molar-refractivity contribution is 1.18. The normalized spacial score (nSPS) is 11.3. The van der Waals surface area contributed by atoms with Crippen LogP contribution in [0.15, 0.2) is 188 Å². The lowest BCUT2D eigenvalue weighted by atomic mass is 9.84. The van der Waals surface area contributed by atoms with Gasteiger partial charge >= 0.3 is 0 Å². The molecular weight excluding hydrogens is 595 g/mol. The Bertz CT molecular complexity index is 2530. The van der Waals surface area contributed by atoms with Gasteiger partial charge in [0, 0.05) is 34.5 Å². The van der Waals surface area contributed by atoms with E-state index < -0.39 is 0 Å². The van der Waals surface area contributed by atoms with Gasteiger partial charge in [-0.1, -0.05) is 127 Å². The van der Waals surface area contributed by atoms with Crippen molar-refractivity contribution in [3.8, 4) is 33.4 Å². The van der Waals surface area contributed by atoms with Crippen LogP contribution < -0.4 is 4.90 Å². The second kappa shape index (κ2) is 12.2. The zero-order valence-electron chi connectivity index (χ0n) is 26.7. The molecule has 0 aliphatic carbocycles. The molecule has 0 N–H and O–H groups in total. The Morgan fingerprint density at radius 1 is 0.367 bits per heavy atom. The summed E-state index contributed by atoms with van der Waals surface area (Å²) in [6.07, 6.45) is 3.74. The zero-order valence-corrected chi connectivity index (χ0v) is 26.7. The van der Waals surface area contributed by atoms with E-state index in [2.05, 4.69) is 155 Å². The molecule has 49 heavy (non-hydrogen) atoms. The summed E-state index contributed by atoms with van der Waals surface area (Å²) in [5.41, 5.74) is 10.3. The third kappa shape index (κ3) is 5.09. The summed E-state index contributed by atoms with van der Waals surface area (Å²) in [4.78, 5) is 11.8. The topological polar surface area (TPSA) is 29.0 Å². The Morgan fingerprint density at radius 3 is 1.69 bits per heavy atom. The van der Waals surface area contributed by atoms with Gasteiger partial charge in [0.05, 0.1) is 5.52 Å². The summed E-state index contributed by atoms with van der Waals surface area (Å²) in [7, 11) is 0. The maximum absolute atomic E-state index is 4.96. The first-order valence-corrected chi connectivity index (χ1v) is 16.6. The van der Waals surface area contributed by atoms with Crippen LogP contribution >= 0.6 is 0 Å². The molecule has 0 amide bonds. The molecule has 2 aromatic heterocycles. The largest absolute Gasteiger partial charge is 0.295 e. The molecule has 0 spiro atoms. The number of nitrogens with zero attached hydrogens (tertiary/aromatic N) is 3. The van der Waals surface area contributed by atoms with Crippen LogP contribution in [0.3, 0.4) is 0 Å². The average Bonchev–Trinajstić information content (AvgIpc) is 3.18. The van der Waals surface area contributed by atoms with Crippen molar-refractivity contribution in [2.75, 3.05) is 4.90 Å². The highest BCUT2D eigenvalue weighted by Crippen LogP contribution is 2.47. The molecule has 3 heteroatoms. The number of aromatic nitrogens is 2. The highest BCUT2D eigenvalue weighted by Gasteiger charge is 2.20. The van der Waals surface area contributed by atoms with Crippen molar-refractivity contribution in [2.45, 2.75) is 0 Å². The van der Waals surface area contributed by atoms with E-state index in [4.69, 9.17) is 4.98 Å². The summed E-state index contributed by atoms with van der Waals surface area (Å²) >= 11 is 0. The second-order valence-corrected chi connectivity index (χ2v) is 12.2. The molecule has 230 valence electrons. The highest BCUT2D eigenvalue weighted by molar-refractivity contribution is 6.27. The minimum absolute atomic E-state index is 0.877. The Morgan fingerprint density at radius 2 is 0.980 bits per heavy atom. The van der Waals surface area contributed by atoms with Gasteiger partial charge in [-0.15, -0.1) is 0 Å². The van der Waals surface area contributed by atoms with Gasteiger partial charge in [-0.2, -0.15) is 0 Å². The molecule has 0 saturated carbocycles. The van der Waals surface area contributed by atoms with E-state index in [1.165, 1.54) is 43.8 Å². The predicted molar refractivity (Wildman–Crippen MR) is 206 cm³/mol. The third-order valence-electron chi connectivity index (χ3n) is 9.33. The van der Waals surface area contributed by atoms with E-state index >= 15 is 0 Å².